The standard InChI is InChI=1S/C18H14F2N2O3/c1-10-7-8-12(9-15(10)20)16-21-17(25-22-16)11(2)24-18(23)13-5-3-4-6-14(13)19/h3-9,11H,1-2H3. The van der Waals surface area contributed by atoms with Crippen LogP contribution in [0, 0.1) is 18.6 Å². The fourth-order valence-electron chi connectivity index (χ4n) is 2.15. The van der Waals surface area contributed by atoms with E-state index in [1.807, 2.05) is 0 Å². The first-order chi connectivity index (χ1) is 12.0. The molecule has 0 fully saturated rings. The third-order valence-electron chi connectivity index (χ3n) is 3.60. The Balaban J connectivity index is 1.76. The summed E-state index contributed by atoms with van der Waals surface area (Å²) in [6, 6.07) is 10.0. The molecule has 0 spiro atoms. The van der Waals surface area contributed by atoms with E-state index in [0.717, 1.165) is 6.07 Å². The average Bonchev–Trinajstić information content (AvgIpc) is 3.08. The van der Waals surface area contributed by atoms with E-state index in [2.05, 4.69) is 10.1 Å². The summed E-state index contributed by atoms with van der Waals surface area (Å²) in [6.07, 6.45) is -0.886. The molecule has 0 aliphatic carbocycles. The third-order valence-corrected chi connectivity index (χ3v) is 3.60. The summed E-state index contributed by atoms with van der Waals surface area (Å²) in [6.45, 7) is 3.16. The lowest BCUT2D eigenvalue weighted by Gasteiger charge is -2.09. The van der Waals surface area contributed by atoms with Gasteiger partial charge in [0.05, 0.1) is 5.56 Å². The van der Waals surface area contributed by atoms with Crippen molar-refractivity contribution in [1.82, 2.24) is 10.1 Å². The molecule has 128 valence electrons. The number of hydrogen-bond acceptors (Lipinski definition) is 5. The highest BCUT2D eigenvalue weighted by molar-refractivity contribution is 5.89. The molecule has 1 atom stereocenters. The number of aromatic nitrogens is 2. The molecular weight excluding hydrogens is 330 g/mol. The Morgan fingerprint density at radius 1 is 1.16 bits per heavy atom. The zero-order valence-electron chi connectivity index (χ0n) is 13.5. The first kappa shape index (κ1) is 16.8. The van der Waals surface area contributed by atoms with Crippen LogP contribution in [0.5, 0.6) is 0 Å². The fraction of sp³-hybridized carbons (Fsp3) is 0.167. The highest BCUT2D eigenvalue weighted by Crippen LogP contribution is 2.23. The molecule has 0 N–H and O–H groups in total. The van der Waals surface area contributed by atoms with Gasteiger partial charge in [0.15, 0.2) is 6.10 Å². The van der Waals surface area contributed by atoms with Crippen molar-refractivity contribution in [2.75, 3.05) is 0 Å². The van der Waals surface area contributed by atoms with Gasteiger partial charge >= 0.3 is 5.97 Å². The van der Waals surface area contributed by atoms with Crippen LogP contribution in [0.15, 0.2) is 47.0 Å². The SMILES string of the molecule is Cc1ccc(-c2noc(C(C)OC(=O)c3ccccc3F)n2)cc1F. The summed E-state index contributed by atoms with van der Waals surface area (Å²) in [7, 11) is 0. The molecule has 5 nitrogen and oxygen atoms in total. The lowest BCUT2D eigenvalue weighted by Crippen LogP contribution is -2.11. The van der Waals surface area contributed by atoms with Gasteiger partial charge in [0.25, 0.3) is 5.89 Å². The minimum absolute atomic E-state index is 0.0284. The van der Waals surface area contributed by atoms with Crippen molar-refractivity contribution in [1.29, 1.82) is 0 Å². The topological polar surface area (TPSA) is 65.2 Å². The van der Waals surface area contributed by atoms with Gasteiger partial charge in [-0.1, -0.05) is 29.4 Å². The molecule has 0 bridgehead atoms. The zero-order chi connectivity index (χ0) is 18.0. The zero-order valence-corrected chi connectivity index (χ0v) is 13.5. The number of hydrogen-bond donors (Lipinski definition) is 0. The van der Waals surface area contributed by atoms with Gasteiger partial charge in [0.2, 0.25) is 5.82 Å². The number of nitrogens with zero attached hydrogens (tertiary/aromatic N) is 2. The largest absolute Gasteiger partial charge is 0.449 e. The number of halogens is 2. The number of aryl methyl sites for hydroxylation is 1. The van der Waals surface area contributed by atoms with Gasteiger partial charge in [-0.05, 0) is 37.6 Å². The first-order valence-corrected chi connectivity index (χ1v) is 7.51. The summed E-state index contributed by atoms with van der Waals surface area (Å²) in [5.41, 5.74) is 0.750. The van der Waals surface area contributed by atoms with E-state index in [4.69, 9.17) is 9.26 Å². The number of ether oxygens (including phenoxy) is 1. The second kappa shape index (κ2) is 6.80. The van der Waals surface area contributed by atoms with E-state index in [-0.39, 0.29) is 23.1 Å². The number of benzene rings is 2. The van der Waals surface area contributed by atoms with Crippen LogP contribution in [0.2, 0.25) is 0 Å². The molecule has 1 heterocycles. The van der Waals surface area contributed by atoms with E-state index < -0.39 is 17.9 Å². The van der Waals surface area contributed by atoms with Crippen molar-refractivity contribution in [3.05, 3.63) is 71.1 Å². The van der Waals surface area contributed by atoms with Crippen LogP contribution in [-0.2, 0) is 4.74 Å². The van der Waals surface area contributed by atoms with Crippen LogP contribution in [0.4, 0.5) is 8.78 Å². The molecule has 3 aromatic rings. The average molecular weight is 344 g/mol. The van der Waals surface area contributed by atoms with E-state index in [1.165, 1.54) is 31.2 Å². The lowest BCUT2D eigenvalue weighted by molar-refractivity contribution is 0.0260. The van der Waals surface area contributed by atoms with Gasteiger partial charge < -0.3 is 9.26 Å². The van der Waals surface area contributed by atoms with Gasteiger partial charge in [0.1, 0.15) is 11.6 Å². The van der Waals surface area contributed by atoms with Crippen LogP contribution in [0.3, 0.4) is 0 Å². The van der Waals surface area contributed by atoms with Crippen LogP contribution in [-0.4, -0.2) is 16.1 Å². The Bertz CT molecular complexity index is 924. The van der Waals surface area contributed by atoms with Crippen molar-refractivity contribution >= 4 is 5.97 Å². The molecule has 0 radical (unpaired) electrons. The van der Waals surface area contributed by atoms with Gasteiger partial charge in [-0.15, -0.1) is 0 Å². The second-order valence-electron chi connectivity index (χ2n) is 5.45. The fourth-order valence-corrected chi connectivity index (χ4v) is 2.15. The Morgan fingerprint density at radius 3 is 2.64 bits per heavy atom. The van der Waals surface area contributed by atoms with E-state index >= 15 is 0 Å². The Morgan fingerprint density at radius 2 is 1.92 bits per heavy atom. The molecule has 0 saturated carbocycles. The van der Waals surface area contributed by atoms with E-state index in [1.54, 1.807) is 19.1 Å². The molecule has 1 unspecified atom stereocenters. The minimum atomic E-state index is -0.886. The van der Waals surface area contributed by atoms with E-state index in [0.29, 0.717) is 11.1 Å². The van der Waals surface area contributed by atoms with Crippen LogP contribution in [0.1, 0.15) is 34.8 Å². The quantitative estimate of drug-likeness (QED) is 0.662. The Kier molecular flexibility index (Phi) is 4.56. The Hall–Kier alpha value is -3.09. The van der Waals surface area contributed by atoms with Gasteiger partial charge in [-0.25, -0.2) is 13.6 Å². The molecule has 0 saturated heterocycles. The van der Waals surface area contributed by atoms with Gasteiger partial charge in [0, 0.05) is 5.56 Å². The summed E-state index contributed by atoms with van der Waals surface area (Å²) < 4.78 is 37.4. The normalized spacial score (nSPS) is 12.0. The molecule has 1 aromatic heterocycles. The molecule has 2 aromatic carbocycles. The molecule has 3 rings (SSSR count). The maximum atomic E-state index is 13.6. The molecule has 25 heavy (non-hydrogen) atoms. The molecular formula is C18H14F2N2O3. The number of carbonyl (C=O) groups is 1. The molecule has 7 heteroatoms. The highest BCUT2D eigenvalue weighted by Gasteiger charge is 2.22. The lowest BCUT2D eigenvalue weighted by atomic mass is 10.1. The van der Waals surface area contributed by atoms with Crippen LogP contribution in [0.25, 0.3) is 11.4 Å². The van der Waals surface area contributed by atoms with Crippen LogP contribution >= 0.6 is 0 Å². The third kappa shape index (κ3) is 3.55. The molecule has 0 amide bonds. The maximum absolute atomic E-state index is 13.6. The van der Waals surface area contributed by atoms with Gasteiger partial charge in [-0.2, -0.15) is 4.98 Å². The highest BCUT2D eigenvalue weighted by atomic mass is 19.1. The number of rotatable bonds is 4. The first-order valence-electron chi connectivity index (χ1n) is 7.51. The smallest absolute Gasteiger partial charge is 0.341 e. The van der Waals surface area contributed by atoms with Crippen LogP contribution < -0.4 is 0 Å². The number of esters is 1. The number of carbonyl (C=O) groups excluding carboxylic acids is 1. The van der Waals surface area contributed by atoms with Crippen molar-refractivity contribution in [2.45, 2.75) is 20.0 Å². The molecule has 0 aliphatic heterocycles. The van der Waals surface area contributed by atoms with Gasteiger partial charge in [-0.3, -0.25) is 0 Å². The summed E-state index contributed by atoms with van der Waals surface area (Å²) in [5, 5.41) is 3.76. The van der Waals surface area contributed by atoms with E-state index in [9.17, 15) is 13.6 Å². The summed E-state index contributed by atoms with van der Waals surface area (Å²) in [4.78, 5) is 16.1. The van der Waals surface area contributed by atoms with Crippen molar-refractivity contribution in [2.24, 2.45) is 0 Å². The second-order valence-corrected chi connectivity index (χ2v) is 5.45. The predicted molar refractivity (Wildman–Crippen MR) is 84.7 cm³/mol. The molecule has 0 aliphatic rings. The Labute approximate surface area is 142 Å². The minimum Gasteiger partial charge on any atom is -0.449 e. The monoisotopic (exact) mass is 344 g/mol. The summed E-state index contributed by atoms with van der Waals surface area (Å²) >= 11 is 0. The summed E-state index contributed by atoms with van der Waals surface area (Å²) in [5.74, 6) is -1.71. The maximum Gasteiger partial charge on any atom is 0.341 e. The van der Waals surface area contributed by atoms with Crippen molar-refractivity contribution in [3.63, 3.8) is 0 Å². The van der Waals surface area contributed by atoms with Crippen molar-refractivity contribution in [3.8, 4) is 11.4 Å². The predicted octanol–water partition coefficient (Wildman–Crippen LogP) is 4.24. The van der Waals surface area contributed by atoms with Crippen molar-refractivity contribution < 1.29 is 22.8 Å².